The number of carbonyl (C=O) groups excluding carboxylic acids is 1. The minimum atomic E-state index is -1.31. The average molecular weight is 325 g/mol. The first-order valence-electron chi connectivity index (χ1n) is 7.46. The van der Waals surface area contributed by atoms with Crippen LogP contribution in [0.2, 0.25) is 0 Å². The molecule has 5 nitrogen and oxygen atoms in total. The summed E-state index contributed by atoms with van der Waals surface area (Å²) < 4.78 is 18.4. The summed E-state index contributed by atoms with van der Waals surface area (Å²) in [6.07, 6.45) is 0.344. The normalized spacial score (nSPS) is 19.1. The average Bonchev–Trinajstić information content (AvgIpc) is 2.82. The van der Waals surface area contributed by atoms with E-state index in [1.54, 1.807) is 18.2 Å². The van der Waals surface area contributed by atoms with Gasteiger partial charge in [0.05, 0.1) is 18.9 Å². The van der Waals surface area contributed by atoms with Crippen LogP contribution >= 0.6 is 0 Å². The monoisotopic (exact) mass is 325 g/mol. The largest absolute Gasteiger partial charge is 0.497 e. The quantitative estimate of drug-likeness (QED) is 0.937. The molecule has 0 fully saturated rings. The van der Waals surface area contributed by atoms with E-state index in [9.17, 15) is 9.18 Å². The topological polar surface area (TPSA) is 79.3 Å². The number of nitrogens with zero attached hydrogens (tertiary/aromatic N) is 2. The van der Waals surface area contributed by atoms with Crippen LogP contribution in [-0.4, -0.2) is 13.0 Å². The van der Waals surface area contributed by atoms with Gasteiger partial charge in [0.2, 0.25) is 0 Å². The van der Waals surface area contributed by atoms with Crippen LogP contribution in [0.15, 0.2) is 42.5 Å². The number of amides is 1. The predicted molar refractivity (Wildman–Crippen MR) is 87.3 cm³/mol. The molecule has 1 aliphatic heterocycles. The first kappa shape index (κ1) is 16.0. The Morgan fingerprint density at radius 3 is 2.62 bits per heavy atom. The Labute approximate surface area is 139 Å². The summed E-state index contributed by atoms with van der Waals surface area (Å²) in [6.45, 7) is 0. The molecule has 2 aromatic rings. The minimum Gasteiger partial charge on any atom is -0.497 e. The van der Waals surface area contributed by atoms with Crippen molar-refractivity contribution < 1.29 is 13.9 Å². The van der Waals surface area contributed by atoms with Crippen LogP contribution in [0.1, 0.15) is 18.4 Å². The molecule has 2 aromatic carbocycles. The molecular weight excluding hydrogens is 309 g/mol. The first-order valence-corrected chi connectivity index (χ1v) is 7.46. The number of fused-ring (bicyclic) bond motifs is 1. The molecule has 1 atom stereocenters. The second kappa shape index (κ2) is 5.95. The highest BCUT2D eigenvalue weighted by Crippen LogP contribution is 2.46. The van der Waals surface area contributed by atoms with Crippen LogP contribution in [-0.2, 0) is 10.3 Å². The van der Waals surface area contributed by atoms with Crippen molar-refractivity contribution in [1.29, 1.82) is 5.26 Å². The number of hydrogen-bond acceptors (Lipinski definition) is 4. The van der Waals surface area contributed by atoms with E-state index >= 15 is 0 Å². The van der Waals surface area contributed by atoms with E-state index in [0.29, 0.717) is 22.7 Å². The summed E-state index contributed by atoms with van der Waals surface area (Å²) in [4.78, 5) is 14.5. The Hall–Kier alpha value is -2.91. The molecule has 0 aromatic heterocycles. The molecule has 1 aliphatic rings. The highest BCUT2D eigenvalue weighted by atomic mass is 19.1. The molecule has 1 unspecified atom stereocenters. The third-order valence-electron chi connectivity index (χ3n) is 4.23. The molecule has 2 N–H and O–H groups in total. The third-order valence-corrected chi connectivity index (χ3v) is 4.23. The number of hydrogen-bond donors (Lipinski definition) is 1. The molecule has 0 bridgehead atoms. The van der Waals surface area contributed by atoms with E-state index in [0.717, 1.165) is 0 Å². The van der Waals surface area contributed by atoms with Crippen LogP contribution in [0.3, 0.4) is 0 Å². The van der Waals surface area contributed by atoms with E-state index in [4.69, 9.17) is 15.7 Å². The summed E-state index contributed by atoms with van der Waals surface area (Å²) in [5.41, 5.74) is 6.84. The number of anilines is 2. The molecule has 0 saturated carbocycles. The molecule has 0 aliphatic carbocycles. The fourth-order valence-electron chi connectivity index (χ4n) is 2.96. The van der Waals surface area contributed by atoms with Crippen LogP contribution in [0.4, 0.5) is 15.8 Å². The van der Waals surface area contributed by atoms with Crippen molar-refractivity contribution in [3.8, 4) is 11.8 Å². The molecule has 0 spiro atoms. The van der Waals surface area contributed by atoms with Gasteiger partial charge in [0.15, 0.2) is 0 Å². The van der Waals surface area contributed by atoms with Gasteiger partial charge in [-0.1, -0.05) is 0 Å². The van der Waals surface area contributed by atoms with Gasteiger partial charge < -0.3 is 10.5 Å². The molecule has 1 amide bonds. The van der Waals surface area contributed by atoms with Crippen molar-refractivity contribution in [3.63, 3.8) is 0 Å². The molecule has 6 heteroatoms. The molecule has 0 saturated heterocycles. The van der Waals surface area contributed by atoms with Crippen molar-refractivity contribution in [1.82, 2.24) is 0 Å². The summed E-state index contributed by atoms with van der Waals surface area (Å²) in [7, 11) is 1.53. The van der Waals surface area contributed by atoms with Crippen LogP contribution < -0.4 is 15.4 Å². The summed E-state index contributed by atoms with van der Waals surface area (Å²) in [5, 5.41) is 8.89. The lowest BCUT2D eigenvalue weighted by molar-refractivity contribution is -0.122. The lowest BCUT2D eigenvalue weighted by Gasteiger charge is -2.23. The molecule has 122 valence electrons. The molecule has 3 rings (SSSR count). The molecular formula is C18H16FN3O2. The van der Waals surface area contributed by atoms with E-state index in [2.05, 4.69) is 0 Å². The van der Waals surface area contributed by atoms with Gasteiger partial charge in [-0.15, -0.1) is 0 Å². The lowest BCUT2D eigenvalue weighted by Crippen LogP contribution is -2.46. The summed E-state index contributed by atoms with van der Waals surface area (Å²) in [6, 6.07) is 12.9. The van der Waals surface area contributed by atoms with E-state index in [1.165, 1.54) is 36.3 Å². The fraction of sp³-hybridized carbons (Fsp3) is 0.222. The number of nitrogens with two attached hydrogens (primary N) is 1. The SMILES string of the molecule is COc1ccc2c(c1)C(N)(CCC#N)C(=O)N2c1ccc(F)cc1. The van der Waals surface area contributed by atoms with Crippen molar-refractivity contribution >= 4 is 17.3 Å². The Morgan fingerprint density at radius 1 is 1.29 bits per heavy atom. The van der Waals surface area contributed by atoms with E-state index in [1.807, 2.05) is 6.07 Å². The zero-order valence-electron chi connectivity index (χ0n) is 13.1. The Bertz CT molecular complexity index is 829. The van der Waals surface area contributed by atoms with Crippen LogP contribution in [0.25, 0.3) is 0 Å². The molecule has 1 heterocycles. The third kappa shape index (κ3) is 2.39. The second-order valence-corrected chi connectivity index (χ2v) is 5.63. The number of ether oxygens (including phenoxy) is 1. The number of carbonyl (C=O) groups is 1. The summed E-state index contributed by atoms with van der Waals surface area (Å²) >= 11 is 0. The Balaban J connectivity index is 2.15. The second-order valence-electron chi connectivity index (χ2n) is 5.63. The number of methoxy groups -OCH3 is 1. The van der Waals surface area contributed by atoms with Gasteiger partial charge in [0.25, 0.3) is 5.91 Å². The summed E-state index contributed by atoms with van der Waals surface area (Å²) in [5.74, 6) is -0.147. The zero-order chi connectivity index (χ0) is 17.3. The van der Waals surface area contributed by atoms with Crippen molar-refractivity contribution in [2.24, 2.45) is 5.73 Å². The van der Waals surface area contributed by atoms with Gasteiger partial charge in [0, 0.05) is 17.7 Å². The van der Waals surface area contributed by atoms with Crippen LogP contribution in [0, 0.1) is 17.1 Å². The maximum atomic E-state index is 13.2. The van der Waals surface area contributed by atoms with Gasteiger partial charge in [-0.3, -0.25) is 9.69 Å². The van der Waals surface area contributed by atoms with Crippen molar-refractivity contribution in [2.75, 3.05) is 12.0 Å². The number of benzene rings is 2. The van der Waals surface area contributed by atoms with Crippen molar-refractivity contribution in [3.05, 3.63) is 53.8 Å². The Morgan fingerprint density at radius 2 is 2.00 bits per heavy atom. The zero-order valence-corrected chi connectivity index (χ0v) is 13.1. The van der Waals surface area contributed by atoms with Gasteiger partial charge >= 0.3 is 0 Å². The van der Waals surface area contributed by atoms with Crippen LogP contribution in [0.5, 0.6) is 5.75 Å². The maximum absolute atomic E-state index is 13.2. The Kier molecular flexibility index (Phi) is 3.96. The lowest BCUT2D eigenvalue weighted by atomic mass is 9.88. The number of nitriles is 1. The van der Waals surface area contributed by atoms with Gasteiger partial charge in [-0.25, -0.2) is 4.39 Å². The standard InChI is InChI=1S/C18H16FN3O2/c1-24-14-7-8-16-15(11-14)18(21,9-2-10-20)17(23)22(16)13-5-3-12(19)4-6-13/h3-8,11H,2,9,21H2,1H3. The van der Waals surface area contributed by atoms with Gasteiger partial charge in [0.1, 0.15) is 17.1 Å². The van der Waals surface area contributed by atoms with Gasteiger partial charge in [-0.05, 0) is 48.9 Å². The van der Waals surface area contributed by atoms with E-state index in [-0.39, 0.29) is 24.6 Å². The van der Waals surface area contributed by atoms with E-state index < -0.39 is 5.54 Å². The van der Waals surface area contributed by atoms with Gasteiger partial charge in [-0.2, -0.15) is 5.26 Å². The van der Waals surface area contributed by atoms with Crippen molar-refractivity contribution in [2.45, 2.75) is 18.4 Å². The smallest absolute Gasteiger partial charge is 0.256 e. The fourth-order valence-corrected chi connectivity index (χ4v) is 2.96. The predicted octanol–water partition coefficient (Wildman–Crippen LogP) is 2.97. The minimum absolute atomic E-state index is 0.149. The number of rotatable bonds is 4. The molecule has 0 radical (unpaired) electrons. The first-order chi connectivity index (χ1) is 11.5. The number of halogens is 1. The highest BCUT2D eigenvalue weighted by molar-refractivity contribution is 6.12. The maximum Gasteiger partial charge on any atom is 0.256 e. The molecule has 24 heavy (non-hydrogen) atoms. The highest BCUT2D eigenvalue weighted by Gasteiger charge is 2.48.